The highest BCUT2D eigenvalue weighted by Gasteiger charge is 2.24. The van der Waals surface area contributed by atoms with Crippen molar-refractivity contribution in [3.8, 4) is 5.75 Å². The molecule has 0 amide bonds. The van der Waals surface area contributed by atoms with E-state index in [0.29, 0.717) is 0 Å². The molecule has 0 saturated heterocycles. The van der Waals surface area contributed by atoms with Crippen molar-refractivity contribution >= 4 is 92.5 Å². The van der Waals surface area contributed by atoms with Crippen LogP contribution in [-0.4, -0.2) is 59.0 Å². The number of hydrogen-bond acceptors (Lipinski definition) is 14. The maximum absolute atomic E-state index is 12.3. The number of rotatable bonds is 7. The molecule has 0 atom stereocenters. The molecule has 17 nitrogen and oxygen atoms in total. The Morgan fingerprint density at radius 1 is 0.727 bits per heavy atom. The molecule has 5 rings (SSSR count). The van der Waals surface area contributed by atoms with Gasteiger partial charge in [-0.1, -0.05) is 12.1 Å². The van der Waals surface area contributed by atoms with Crippen LogP contribution in [0.4, 0.5) is 29.0 Å². The number of phenols is 1. The van der Waals surface area contributed by atoms with Gasteiger partial charge in [0, 0.05) is 21.8 Å². The summed E-state index contributed by atoms with van der Waals surface area (Å²) in [6.45, 7) is 0. The zero-order valence-corrected chi connectivity index (χ0v) is 24.6. The number of nitrogen functional groups attached to an aromatic ring is 1. The molecule has 0 spiro atoms. The van der Waals surface area contributed by atoms with Gasteiger partial charge in [0.2, 0.25) is 17.2 Å². The first kappa shape index (κ1) is 30.9. The smallest absolute Gasteiger partial charge is 0.296 e. The van der Waals surface area contributed by atoms with Crippen molar-refractivity contribution in [1.82, 2.24) is 15.0 Å². The minimum atomic E-state index is -5.08. The van der Waals surface area contributed by atoms with Gasteiger partial charge in [-0.15, -0.1) is 5.11 Å². The third-order valence-electron chi connectivity index (χ3n) is 5.93. The fourth-order valence-corrected chi connectivity index (χ4v) is 6.43. The van der Waals surface area contributed by atoms with Gasteiger partial charge in [0.1, 0.15) is 20.4 Å². The Labute approximate surface area is 252 Å². The lowest BCUT2D eigenvalue weighted by Gasteiger charge is -2.11. The first-order chi connectivity index (χ1) is 20.4. The number of azo groups is 1. The number of nitrogens with one attached hydrogen (secondary N) is 1. The zero-order valence-electron chi connectivity index (χ0n) is 21.4. The highest BCUT2D eigenvalue weighted by Crippen LogP contribution is 2.43. The van der Waals surface area contributed by atoms with E-state index in [-0.39, 0.29) is 44.4 Å². The Balaban J connectivity index is 1.67. The van der Waals surface area contributed by atoms with E-state index in [1.165, 1.54) is 18.2 Å². The molecule has 0 bridgehead atoms. The molecule has 44 heavy (non-hydrogen) atoms. The number of nitrogens with zero attached hydrogens (tertiary/aromatic N) is 5. The first-order valence-corrected chi connectivity index (χ1v) is 16.3. The van der Waals surface area contributed by atoms with Crippen molar-refractivity contribution in [2.45, 2.75) is 14.7 Å². The van der Waals surface area contributed by atoms with E-state index in [1.807, 2.05) is 0 Å². The summed E-state index contributed by atoms with van der Waals surface area (Å²) in [6, 6.07) is 10.1. The number of fused-ring (bicyclic) bond motifs is 2. The van der Waals surface area contributed by atoms with E-state index < -0.39 is 62.2 Å². The van der Waals surface area contributed by atoms with Crippen molar-refractivity contribution in [1.29, 1.82) is 0 Å². The van der Waals surface area contributed by atoms with Gasteiger partial charge in [0.25, 0.3) is 30.4 Å². The van der Waals surface area contributed by atoms with Crippen molar-refractivity contribution in [3.05, 3.63) is 59.9 Å². The van der Waals surface area contributed by atoms with Gasteiger partial charge in [-0.3, -0.25) is 13.7 Å². The zero-order chi connectivity index (χ0) is 32.2. The summed E-state index contributed by atoms with van der Waals surface area (Å²) in [6.07, 6.45) is 0. The highest BCUT2D eigenvalue weighted by molar-refractivity contribution is 7.86. The first-order valence-electron chi connectivity index (χ1n) is 11.6. The second-order valence-corrected chi connectivity index (χ2v) is 13.3. The van der Waals surface area contributed by atoms with E-state index >= 15 is 0 Å². The fourth-order valence-electron chi connectivity index (χ4n) is 4.19. The predicted octanol–water partition coefficient (Wildman–Crippen LogP) is 4.02. The summed E-state index contributed by atoms with van der Waals surface area (Å²) in [5.74, 6) is -1.01. The molecule has 21 heteroatoms. The van der Waals surface area contributed by atoms with E-state index in [2.05, 4.69) is 30.5 Å². The lowest BCUT2D eigenvalue weighted by Crippen LogP contribution is -2.03. The van der Waals surface area contributed by atoms with Crippen LogP contribution in [0.1, 0.15) is 0 Å². The van der Waals surface area contributed by atoms with Crippen molar-refractivity contribution < 1.29 is 44.0 Å². The van der Waals surface area contributed by atoms with Crippen LogP contribution in [0.15, 0.2) is 79.5 Å². The Hall–Kier alpha value is -4.57. The molecule has 5 aromatic rings. The van der Waals surface area contributed by atoms with Gasteiger partial charge in [-0.05, 0) is 59.5 Å². The second kappa shape index (κ2) is 10.9. The van der Waals surface area contributed by atoms with Crippen molar-refractivity contribution in [2.75, 3.05) is 11.1 Å². The van der Waals surface area contributed by atoms with Crippen LogP contribution in [-0.2, 0) is 30.4 Å². The highest BCUT2D eigenvalue weighted by atomic mass is 35.5. The number of anilines is 3. The van der Waals surface area contributed by atoms with Gasteiger partial charge in [0.15, 0.2) is 5.75 Å². The number of halogens is 1. The summed E-state index contributed by atoms with van der Waals surface area (Å²) in [5.41, 5.74) is 4.61. The topological polar surface area (TPSA) is 285 Å². The maximum atomic E-state index is 12.3. The SMILES string of the molecule is Nc1nc(Cl)nc(Nc2ccc3c(O)c(N=Nc4cc(S(=O)(=O)O)c5cccc(S(=O)(=O)O)c5c4)c(S(=O)(=O)O)cc3c2)n1. The van der Waals surface area contributed by atoms with Crippen LogP contribution in [0.5, 0.6) is 5.75 Å². The van der Waals surface area contributed by atoms with Crippen molar-refractivity contribution in [3.63, 3.8) is 0 Å². The number of nitrogens with two attached hydrogens (primary N) is 1. The molecule has 1 aromatic heterocycles. The Kier molecular flexibility index (Phi) is 7.62. The molecule has 0 aliphatic carbocycles. The molecular formula is C23H16ClN7O10S3. The lowest BCUT2D eigenvalue weighted by atomic mass is 10.1. The van der Waals surface area contributed by atoms with Crippen LogP contribution in [0.2, 0.25) is 5.28 Å². The number of aromatic nitrogens is 3. The molecule has 1 heterocycles. The summed E-state index contributed by atoms with van der Waals surface area (Å²) < 4.78 is 102. The minimum Gasteiger partial charge on any atom is -0.505 e. The molecule has 4 aromatic carbocycles. The Morgan fingerprint density at radius 3 is 2.05 bits per heavy atom. The van der Waals surface area contributed by atoms with Gasteiger partial charge in [0.05, 0.1) is 5.69 Å². The van der Waals surface area contributed by atoms with Gasteiger partial charge < -0.3 is 16.2 Å². The number of benzene rings is 4. The average Bonchev–Trinajstić information content (AvgIpc) is 2.89. The van der Waals surface area contributed by atoms with E-state index in [9.17, 15) is 44.0 Å². The molecule has 228 valence electrons. The lowest BCUT2D eigenvalue weighted by molar-refractivity contribution is 0.472. The summed E-state index contributed by atoms with van der Waals surface area (Å²) in [4.78, 5) is 8.88. The second-order valence-electron chi connectivity index (χ2n) is 8.84. The molecule has 0 unspecified atom stereocenters. The minimum absolute atomic E-state index is 0.0240. The molecule has 0 aliphatic heterocycles. The molecule has 0 radical (unpaired) electrons. The average molecular weight is 682 g/mol. The van der Waals surface area contributed by atoms with E-state index in [1.54, 1.807) is 0 Å². The predicted molar refractivity (Wildman–Crippen MR) is 156 cm³/mol. The summed E-state index contributed by atoms with van der Waals surface area (Å²) in [5, 5.41) is 20.4. The molecular weight excluding hydrogens is 666 g/mol. The van der Waals surface area contributed by atoms with Crippen molar-refractivity contribution in [2.24, 2.45) is 10.2 Å². The number of hydrogen-bond donors (Lipinski definition) is 6. The molecule has 7 N–H and O–H groups in total. The Bertz CT molecular complexity index is 2370. The third-order valence-corrected chi connectivity index (χ3v) is 8.78. The fraction of sp³-hybridized carbons (Fsp3) is 0. The van der Waals surface area contributed by atoms with Crippen LogP contribution >= 0.6 is 11.6 Å². The summed E-state index contributed by atoms with van der Waals surface area (Å²) >= 11 is 5.77. The third kappa shape index (κ3) is 6.21. The molecule has 0 saturated carbocycles. The van der Waals surface area contributed by atoms with Crippen LogP contribution < -0.4 is 11.1 Å². The van der Waals surface area contributed by atoms with Crippen LogP contribution in [0.3, 0.4) is 0 Å². The number of aromatic hydroxyl groups is 1. The van der Waals surface area contributed by atoms with E-state index in [0.717, 1.165) is 36.4 Å². The van der Waals surface area contributed by atoms with E-state index in [4.69, 9.17) is 17.3 Å². The maximum Gasteiger partial charge on any atom is 0.296 e. The molecule has 0 aliphatic rings. The standard InChI is InChI=1S/C23H16ClN7O10S3/c24-21-27-22(25)29-23(28-21)26-11-4-5-13-10(6-11)7-18(44(39,40)41)19(20(13)32)31-30-12-8-15-14(17(9-12)43(36,37)38)2-1-3-16(15)42(33,34)35/h1-9,32H,(H,33,34,35)(H,36,37,38)(H,39,40,41)(H3,25,26,27,28,29). The Morgan fingerprint density at radius 2 is 1.41 bits per heavy atom. The van der Waals surface area contributed by atoms with Crippen LogP contribution in [0.25, 0.3) is 21.5 Å². The van der Waals surface area contributed by atoms with Gasteiger partial charge >= 0.3 is 0 Å². The van der Waals surface area contributed by atoms with Crippen LogP contribution in [0, 0.1) is 0 Å². The largest absolute Gasteiger partial charge is 0.505 e. The monoisotopic (exact) mass is 681 g/mol. The number of phenolic OH excluding ortho intramolecular Hbond substituents is 1. The summed E-state index contributed by atoms with van der Waals surface area (Å²) in [7, 11) is -15.0. The quantitative estimate of drug-likeness (QED) is 0.104. The van der Waals surface area contributed by atoms with Gasteiger partial charge in [-0.25, -0.2) is 0 Å². The normalized spacial score (nSPS) is 12.7. The molecule has 0 fully saturated rings. The van der Waals surface area contributed by atoms with Gasteiger partial charge in [-0.2, -0.15) is 45.3 Å².